The Hall–Kier alpha value is -2.85. The topological polar surface area (TPSA) is 90.6 Å². The number of carbonyl (C=O) groups excluding carboxylic acids is 1. The van der Waals surface area contributed by atoms with Crippen LogP contribution >= 0.6 is 23.1 Å². The molecule has 0 spiro atoms. The molecule has 10 heteroatoms. The van der Waals surface area contributed by atoms with E-state index in [1.165, 1.54) is 35.0 Å². The van der Waals surface area contributed by atoms with Crippen LogP contribution < -0.4 is 14.8 Å². The number of fused-ring (bicyclic) bond motifs is 6. The number of aromatic nitrogens is 4. The summed E-state index contributed by atoms with van der Waals surface area (Å²) in [7, 11) is 0. The van der Waals surface area contributed by atoms with E-state index in [1.54, 1.807) is 35.9 Å². The molecule has 3 aromatic heterocycles. The second-order valence-electron chi connectivity index (χ2n) is 7.22. The first-order chi connectivity index (χ1) is 14.8. The van der Waals surface area contributed by atoms with Gasteiger partial charge in [0.15, 0.2) is 22.3 Å². The van der Waals surface area contributed by atoms with Crippen LogP contribution in [0.25, 0.3) is 15.9 Å². The van der Waals surface area contributed by atoms with Crippen LogP contribution in [0.5, 0.6) is 11.5 Å². The Kier molecular flexibility index (Phi) is 4.27. The second-order valence-corrected chi connectivity index (χ2v) is 9.24. The third-order valence-corrected chi connectivity index (χ3v) is 7.46. The maximum atomic E-state index is 12.4. The molecule has 0 atom stereocenters. The van der Waals surface area contributed by atoms with Crippen molar-refractivity contribution in [3.8, 4) is 11.5 Å². The van der Waals surface area contributed by atoms with Gasteiger partial charge in [-0.2, -0.15) is 0 Å². The van der Waals surface area contributed by atoms with Crippen molar-refractivity contribution in [1.29, 1.82) is 0 Å². The first kappa shape index (κ1) is 18.0. The summed E-state index contributed by atoms with van der Waals surface area (Å²) >= 11 is 3.11. The number of anilines is 1. The van der Waals surface area contributed by atoms with E-state index in [0.29, 0.717) is 22.3 Å². The van der Waals surface area contributed by atoms with Crippen LogP contribution in [-0.2, 0) is 17.6 Å². The number of ether oxygens (including phenoxy) is 2. The van der Waals surface area contributed by atoms with E-state index in [1.807, 2.05) is 4.40 Å². The molecular weight excluding hydrogens is 422 g/mol. The molecule has 0 unspecified atom stereocenters. The highest BCUT2D eigenvalue weighted by atomic mass is 32.2. The number of hydrogen-bond acceptors (Lipinski definition) is 8. The Morgan fingerprint density at radius 1 is 1.20 bits per heavy atom. The van der Waals surface area contributed by atoms with E-state index in [9.17, 15) is 4.79 Å². The van der Waals surface area contributed by atoms with Crippen molar-refractivity contribution in [2.75, 3.05) is 17.9 Å². The van der Waals surface area contributed by atoms with Crippen molar-refractivity contribution in [3.63, 3.8) is 0 Å². The molecule has 1 aliphatic carbocycles. The fourth-order valence-corrected chi connectivity index (χ4v) is 5.86. The summed E-state index contributed by atoms with van der Waals surface area (Å²) in [5.74, 6) is 1.41. The number of benzene rings is 1. The summed E-state index contributed by atoms with van der Waals surface area (Å²) in [6.45, 7) is 0.206. The van der Waals surface area contributed by atoms with Crippen LogP contribution in [0.3, 0.4) is 0 Å². The lowest BCUT2D eigenvalue weighted by molar-refractivity contribution is -0.113. The number of carbonyl (C=O) groups is 1. The van der Waals surface area contributed by atoms with Crippen LogP contribution in [0.15, 0.2) is 29.7 Å². The SMILES string of the molecule is O=C(CSc1nnc2c3c4c(sc3ncn12)CCCC4)Nc1ccc2c(c1)OCO2. The Bertz CT molecular complexity index is 1300. The number of nitrogens with one attached hydrogen (secondary N) is 1. The van der Waals surface area contributed by atoms with Gasteiger partial charge in [0.05, 0.1) is 11.1 Å². The van der Waals surface area contributed by atoms with Crippen LogP contribution in [-0.4, -0.2) is 38.0 Å². The molecule has 6 rings (SSSR count). The molecular formula is C20H17N5O3S2. The van der Waals surface area contributed by atoms with E-state index in [4.69, 9.17) is 9.47 Å². The van der Waals surface area contributed by atoms with Crippen molar-refractivity contribution < 1.29 is 14.3 Å². The first-order valence-corrected chi connectivity index (χ1v) is 11.5. The van der Waals surface area contributed by atoms with E-state index in [0.717, 1.165) is 28.7 Å². The third kappa shape index (κ3) is 2.98. The number of amides is 1. The summed E-state index contributed by atoms with van der Waals surface area (Å²) in [5.41, 5.74) is 2.88. The molecule has 1 amide bonds. The summed E-state index contributed by atoms with van der Waals surface area (Å²) < 4.78 is 12.5. The van der Waals surface area contributed by atoms with Crippen molar-refractivity contribution in [1.82, 2.24) is 19.6 Å². The number of aryl methyl sites for hydroxylation is 2. The van der Waals surface area contributed by atoms with Crippen molar-refractivity contribution in [3.05, 3.63) is 35.0 Å². The molecule has 0 saturated heterocycles. The molecule has 2 aliphatic rings. The molecule has 152 valence electrons. The Morgan fingerprint density at radius 3 is 3.07 bits per heavy atom. The predicted molar refractivity (Wildman–Crippen MR) is 115 cm³/mol. The maximum absolute atomic E-state index is 12.4. The molecule has 0 saturated carbocycles. The highest BCUT2D eigenvalue weighted by Gasteiger charge is 2.21. The quantitative estimate of drug-likeness (QED) is 0.485. The summed E-state index contributed by atoms with van der Waals surface area (Å²) in [4.78, 5) is 19.5. The average molecular weight is 440 g/mol. The van der Waals surface area contributed by atoms with Gasteiger partial charge < -0.3 is 14.8 Å². The third-order valence-electron chi connectivity index (χ3n) is 5.32. The van der Waals surface area contributed by atoms with Gasteiger partial charge in [-0.15, -0.1) is 21.5 Å². The highest BCUT2D eigenvalue weighted by Crippen LogP contribution is 2.37. The summed E-state index contributed by atoms with van der Waals surface area (Å²) in [6.07, 6.45) is 6.40. The van der Waals surface area contributed by atoms with Crippen LogP contribution in [0.2, 0.25) is 0 Å². The molecule has 0 fully saturated rings. The number of hydrogen-bond donors (Lipinski definition) is 1. The first-order valence-electron chi connectivity index (χ1n) is 9.72. The molecule has 1 aliphatic heterocycles. The Morgan fingerprint density at radius 2 is 2.10 bits per heavy atom. The van der Waals surface area contributed by atoms with E-state index in [2.05, 4.69) is 20.5 Å². The second kappa shape index (κ2) is 7.13. The van der Waals surface area contributed by atoms with Crippen molar-refractivity contribution in [2.45, 2.75) is 30.8 Å². The van der Waals surface area contributed by atoms with Gasteiger partial charge >= 0.3 is 0 Å². The number of nitrogens with zero attached hydrogens (tertiary/aromatic N) is 4. The smallest absolute Gasteiger partial charge is 0.234 e. The van der Waals surface area contributed by atoms with Crippen molar-refractivity contribution >= 4 is 50.6 Å². The minimum Gasteiger partial charge on any atom is -0.454 e. The molecule has 1 aromatic carbocycles. The molecule has 0 radical (unpaired) electrons. The maximum Gasteiger partial charge on any atom is 0.234 e. The molecule has 8 nitrogen and oxygen atoms in total. The van der Waals surface area contributed by atoms with Gasteiger partial charge in [-0.1, -0.05) is 11.8 Å². The minimum absolute atomic E-state index is 0.127. The number of rotatable bonds is 4. The van der Waals surface area contributed by atoms with Crippen LogP contribution in [0.1, 0.15) is 23.3 Å². The van der Waals surface area contributed by atoms with Gasteiger partial charge in [-0.25, -0.2) is 4.98 Å². The summed E-state index contributed by atoms with van der Waals surface area (Å²) in [5, 5.41) is 13.4. The van der Waals surface area contributed by atoms with Crippen molar-refractivity contribution in [2.24, 2.45) is 0 Å². The monoisotopic (exact) mass is 439 g/mol. The fourth-order valence-electron chi connectivity index (χ4n) is 3.93. The molecule has 1 N–H and O–H groups in total. The minimum atomic E-state index is -0.127. The Labute approximate surface area is 179 Å². The largest absolute Gasteiger partial charge is 0.454 e. The normalized spacial score (nSPS) is 14.9. The Balaban J connectivity index is 1.22. The lowest BCUT2D eigenvalue weighted by Crippen LogP contribution is -2.14. The zero-order chi connectivity index (χ0) is 20.1. The molecule has 0 bridgehead atoms. The highest BCUT2D eigenvalue weighted by molar-refractivity contribution is 7.99. The molecule has 4 heterocycles. The van der Waals surface area contributed by atoms with E-state index >= 15 is 0 Å². The average Bonchev–Trinajstić information content (AvgIpc) is 3.47. The van der Waals surface area contributed by atoms with Gasteiger partial charge in [-0.3, -0.25) is 9.20 Å². The van der Waals surface area contributed by atoms with Gasteiger partial charge in [0.25, 0.3) is 0 Å². The predicted octanol–water partition coefficient (Wildman–Crippen LogP) is 3.68. The zero-order valence-electron chi connectivity index (χ0n) is 15.9. The zero-order valence-corrected chi connectivity index (χ0v) is 17.5. The van der Waals surface area contributed by atoms with Gasteiger partial charge in [0.1, 0.15) is 11.2 Å². The number of thioether (sulfide) groups is 1. The standard InChI is InChI=1S/C20H17N5O3S2/c26-16(22-11-5-6-13-14(7-11)28-10-27-13)8-29-20-24-23-18-17-12-3-1-2-4-15(12)30-19(17)21-9-25(18)20/h5-7,9H,1-4,8,10H2,(H,22,26). The number of thiophene rings is 1. The lowest BCUT2D eigenvalue weighted by atomic mass is 9.97. The summed E-state index contributed by atoms with van der Waals surface area (Å²) in [6, 6.07) is 5.34. The van der Waals surface area contributed by atoms with Gasteiger partial charge in [0, 0.05) is 16.6 Å². The van der Waals surface area contributed by atoms with E-state index in [-0.39, 0.29) is 18.5 Å². The van der Waals surface area contributed by atoms with E-state index < -0.39 is 0 Å². The van der Waals surface area contributed by atoms with Gasteiger partial charge in [-0.05, 0) is 43.4 Å². The molecule has 30 heavy (non-hydrogen) atoms. The van der Waals surface area contributed by atoms with Crippen LogP contribution in [0.4, 0.5) is 5.69 Å². The fraction of sp³-hybridized carbons (Fsp3) is 0.300. The lowest BCUT2D eigenvalue weighted by Gasteiger charge is -2.10. The van der Waals surface area contributed by atoms with Gasteiger partial charge in [0.2, 0.25) is 12.7 Å². The molecule has 4 aromatic rings. The van der Waals surface area contributed by atoms with Crippen LogP contribution in [0, 0.1) is 0 Å².